The van der Waals surface area contributed by atoms with Crippen molar-refractivity contribution in [3.05, 3.63) is 0 Å². The van der Waals surface area contributed by atoms with E-state index in [9.17, 15) is 17.3 Å². The molecule has 1 nitrogen and oxygen atoms in total. The van der Waals surface area contributed by atoms with Crippen LogP contribution in [-0.2, 0) is 0 Å². The molecule has 0 aromatic heterocycles. The molecule has 60 valence electrons. The molecule has 1 aliphatic rings. The quantitative estimate of drug-likeness (QED) is 0.404. The Morgan fingerprint density at radius 2 is 1.80 bits per heavy atom. The lowest BCUT2D eigenvalue weighted by molar-refractivity contribution is 0.368. The number of aliphatic imine (C=N–C) groups is 1. The van der Waals surface area contributed by atoms with E-state index in [0.29, 0.717) is 0 Å². The Kier molecular flexibility index (Phi) is 4.50. The van der Waals surface area contributed by atoms with Gasteiger partial charge in [-0.25, -0.2) is 0 Å². The van der Waals surface area contributed by atoms with Gasteiger partial charge in [-0.15, -0.1) is 11.8 Å². The summed E-state index contributed by atoms with van der Waals surface area (Å²) in [7, 11) is -6.00. The minimum atomic E-state index is -6.00. The largest absolute Gasteiger partial charge is 0.673 e. The Balaban J connectivity index is 0.000000162. The molecule has 1 aliphatic heterocycles. The zero-order valence-electron chi connectivity index (χ0n) is 4.94. The summed E-state index contributed by atoms with van der Waals surface area (Å²) < 4.78 is 39.0. The lowest BCUT2D eigenvalue weighted by Gasteiger charge is -1.94. The van der Waals surface area contributed by atoms with Crippen molar-refractivity contribution in [3.8, 4) is 0 Å². The Labute approximate surface area is 60.0 Å². The number of hydrogen-bond donors (Lipinski definition) is 0. The second-order valence-corrected chi connectivity index (χ2v) is 2.33. The first-order valence-corrected chi connectivity index (χ1v) is 3.52. The highest BCUT2D eigenvalue weighted by Gasteiger charge is 2.20. The van der Waals surface area contributed by atoms with Crippen molar-refractivity contribution in [2.45, 2.75) is 0 Å². The molecule has 0 atom stereocenters. The Bertz CT molecular complexity index is 102. The number of thioether (sulfide) groups is 1. The van der Waals surface area contributed by atoms with Crippen LogP contribution in [0.4, 0.5) is 17.3 Å². The van der Waals surface area contributed by atoms with E-state index in [4.69, 9.17) is 0 Å². The van der Waals surface area contributed by atoms with Crippen molar-refractivity contribution in [2.24, 2.45) is 4.99 Å². The van der Waals surface area contributed by atoms with Crippen LogP contribution in [0.2, 0.25) is 0 Å². The summed E-state index contributed by atoms with van der Waals surface area (Å²) in [6.07, 6.45) is 0. The first-order chi connectivity index (χ1) is 4.50. The molecule has 0 aliphatic carbocycles. The molecule has 1 heterocycles. The smallest absolute Gasteiger partial charge is 0.418 e. The number of halogens is 4. The molecule has 1 rings (SSSR count). The van der Waals surface area contributed by atoms with Gasteiger partial charge in [0.25, 0.3) is 0 Å². The molecule has 0 saturated carbocycles. The lowest BCUT2D eigenvalue weighted by atomic mass is 10.3. The molecular weight excluding hydrogens is 169 g/mol. The van der Waals surface area contributed by atoms with Crippen molar-refractivity contribution < 1.29 is 17.3 Å². The molecule has 0 unspecified atom stereocenters. The average molecular weight is 174 g/mol. The normalized spacial score (nSPS) is 16.4. The maximum atomic E-state index is 9.75. The summed E-state index contributed by atoms with van der Waals surface area (Å²) in [4.78, 5) is 3.92. The Morgan fingerprint density at radius 3 is 1.90 bits per heavy atom. The van der Waals surface area contributed by atoms with Gasteiger partial charge in [0.15, 0.2) is 0 Å². The maximum Gasteiger partial charge on any atom is 0.673 e. The van der Waals surface area contributed by atoms with Crippen LogP contribution in [0, 0.1) is 0 Å². The highest BCUT2D eigenvalue weighted by Crippen LogP contribution is 2.06. The van der Waals surface area contributed by atoms with Crippen molar-refractivity contribution >= 4 is 24.6 Å². The zero-order chi connectivity index (χ0) is 8.04. The molecule has 10 heavy (non-hydrogen) atoms. The zero-order valence-corrected chi connectivity index (χ0v) is 5.75. The monoisotopic (exact) mass is 174 g/mol. The molecular formula is C3H5BF4NS-. The Hall–Kier alpha value is -0.195. The molecule has 0 amide bonds. The van der Waals surface area contributed by atoms with Crippen LogP contribution in [-0.4, -0.2) is 25.1 Å². The van der Waals surface area contributed by atoms with E-state index in [0.717, 1.165) is 6.54 Å². The SMILES string of the molecule is C1=NCCS1.F[B-](F)(F)F. The predicted molar refractivity (Wildman–Crippen MR) is 36.0 cm³/mol. The van der Waals surface area contributed by atoms with Gasteiger partial charge in [-0.3, -0.25) is 4.99 Å². The predicted octanol–water partition coefficient (Wildman–Crippen LogP) is 2.06. The molecule has 0 spiro atoms. The molecule has 7 heteroatoms. The van der Waals surface area contributed by atoms with E-state index < -0.39 is 7.25 Å². The molecule has 0 aromatic rings. The second kappa shape index (κ2) is 4.59. The molecule has 0 radical (unpaired) electrons. The summed E-state index contributed by atoms with van der Waals surface area (Å²) >= 11 is 1.78. The van der Waals surface area contributed by atoms with Crippen LogP contribution < -0.4 is 0 Å². The minimum Gasteiger partial charge on any atom is -0.418 e. The van der Waals surface area contributed by atoms with Gasteiger partial charge in [0.2, 0.25) is 0 Å². The van der Waals surface area contributed by atoms with Gasteiger partial charge in [0.1, 0.15) is 0 Å². The minimum absolute atomic E-state index is 1.03. The number of rotatable bonds is 0. The van der Waals surface area contributed by atoms with Crippen LogP contribution in [0.5, 0.6) is 0 Å². The van der Waals surface area contributed by atoms with E-state index in [2.05, 4.69) is 4.99 Å². The fraction of sp³-hybridized carbons (Fsp3) is 0.667. The van der Waals surface area contributed by atoms with Gasteiger partial charge in [-0.05, 0) is 0 Å². The number of nitrogens with zero attached hydrogens (tertiary/aromatic N) is 1. The van der Waals surface area contributed by atoms with Crippen LogP contribution in [0.1, 0.15) is 0 Å². The van der Waals surface area contributed by atoms with Gasteiger partial charge >= 0.3 is 7.25 Å². The highest BCUT2D eigenvalue weighted by molar-refractivity contribution is 8.12. The van der Waals surface area contributed by atoms with Gasteiger partial charge in [-0.1, -0.05) is 0 Å². The summed E-state index contributed by atoms with van der Waals surface area (Å²) in [5.41, 5.74) is 1.90. The van der Waals surface area contributed by atoms with Gasteiger partial charge in [0.05, 0.1) is 5.55 Å². The van der Waals surface area contributed by atoms with Gasteiger partial charge < -0.3 is 17.3 Å². The van der Waals surface area contributed by atoms with Gasteiger partial charge in [0, 0.05) is 12.3 Å². The second-order valence-electron chi connectivity index (χ2n) is 1.38. The lowest BCUT2D eigenvalue weighted by Crippen LogP contribution is -2.02. The van der Waals surface area contributed by atoms with Crippen molar-refractivity contribution in [1.82, 2.24) is 0 Å². The standard InChI is InChI=1S/C3H5NS.BF4/c1-2-5-3-4-1;2-1(3,4)5/h3H,1-2H2;/q;-1. The summed E-state index contributed by atoms with van der Waals surface area (Å²) in [5.74, 6) is 1.19. The van der Waals surface area contributed by atoms with Crippen LogP contribution in [0.3, 0.4) is 0 Å². The van der Waals surface area contributed by atoms with Crippen molar-refractivity contribution in [1.29, 1.82) is 0 Å². The maximum absolute atomic E-state index is 9.75. The fourth-order valence-corrected chi connectivity index (χ4v) is 0.791. The molecule has 0 aromatic carbocycles. The third kappa shape index (κ3) is 15.7. The van der Waals surface area contributed by atoms with E-state index in [-0.39, 0.29) is 0 Å². The van der Waals surface area contributed by atoms with E-state index in [1.165, 1.54) is 5.75 Å². The molecule has 0 N–H and O–H groups in total. The first kappa shape index (κ1) is 9.80. The third-order valence-corrected chi connectivity index (χ3v) is 1.20. The number of hydrogen-bond acceptors (Lipinski definition) is 2. The van der Waals surface area contributed by atoms with E-state index in [1.807, 2.05) is 5.55 Å². The molecule has 0 saturated heterocycles. The topological polar surface area (TPSA) is 12.4 Å². The summed E-state index contributed by atoms with van der Waals surface area (Å²) in [6, 6.07) is 0. The average Bonchev–Trinajstić information content (AvgIpc) is 2.07. The fourth-order valence-electron chi connectivity index (χ4n) is 0.264. The van der Waals surface area contributed by atoms with E-state index in [1.54, 1.807) is 11.8 Å². The highest BCUT2D eigenvalue weighted by atomic mass is 32.2. The van der Waals surface area contributed by atoms with Crippen molar-refractivity contribution in [2.75, 3.05) is 12.3 Å². The molecule has 0 bridgehead atoms. The summed E-state index contributed by atoms with van der Waals surface area (Å²) in [6.45, 7) is 1.03. The van der Waals surface area contributed by atoms with Crippen LogP contribution >= 0.6 is 11.8 Å². The van der Waals surface area contributed by atoms with E-state index >= 15 is 0 Å². The summed E-state index contributed by atoms with van der Waals surface area (Å²) in [5, 5.41) is 0. The van der Waals surface area contributed by atoms with Crippen LogP contribution in [0.15, 0.2) is 4.99 Å². The third-order valence-electron chi connectivity index (χ3n) is 0.487. The first-order valence-electron chi connectivity index (χ1n) is 2.47. The van der Waals surface area contributed by atoms with Gasteiger partial charge in [-0.2, -0.15) is 0 Å². The molecule has 0 fully saturated rings. The Morgan fingerprint density at radius 1 is 1.30 bits per heavy atom. The van der Waals surface area contributed by atoms with Crippen LogP contribution in [0.25, 0.3) is 0 Å². The van der Waals surface area contributed by atoms with Crippen molar-refractivity contribution in [3.63, 3.8) is 0 Å².